The summed E-state index contributed by atoms with van der Waals surface area (Å²) in [7, 11) is 0. The lowest BCUT2D eigenvalue weighted by molar-refractivity contribution is -0.141. The number of anilines is 1. The number of esters is 1. The summed E-state index contributed by atoms with van der Waals surface area (Å²) in [5, 5.41) is 3.59. The molecule has 3 rings (SSSR count). The van der Waals surface area contributed by atoms with Gasteiger partial charge in [0.25, 0.3) is 0 Å². The Kier molecular flexibility index (Phi) is 4.24. The Labute approximate surface area is 133 Å². The highest BCUT2D eigenvalue weighted by Crippen LogP contribution is 2.29. The van der Waals surface area contributed by atoms with E-state index in [0.717, 1.165) is 11.4 Å². The summed E-state index contributed by atoms with van der Waals surface area (Å²) in [6.45, 7) is 2.18. The van der Waals surface area contributed by atoms with Crippen molar-refractivity contribution in [3.63, 3.8) is 0 Å². The van der Waals surface area contributed by atoms with Gasteiger partial charge in [0.15, 0.2) is 0 Å². The first kappa shape index (κ1) is 14.8. The Morgan fingerprint density at radius 2 is 2.27 bits per heavy atom. The molecule has 6 heteroatoms. The monoisotopic (exact) mass is 321 g/mol. The Bertz CT molecular complexity index is 656. The molecule has 0 bridgehead atoms. The van der Waals surface area contributed by atoms with Crippen molar-refractivity contribution in [2.75, 3.05) is 5.32 Å². The van der Waals surface area contributed by atoms with Crippen LogP contribution >= 0.6 is 11.6 Å². The fourth-order valence-electron chi connectivity index (χ4n) is 2.33. The minimum atomic E-state index is -0.332. The van der Waals surface area contributed by atoms with Gasteiger partial charge >= 0.3 is 5.97 Å². The normalized spacial score (nSPS) is 20.7. The summed E-state index contributed by atoms with van der Waals surface area (Å²) < 4.78 is 15.9. The topological polar surface area (TPSA) is 60.7 Å². The zero-order valence-electron chi connectivity index (χ0n) is 12.0. The molecule has 1 aromatic heterocycles. The molecule has 1 fully saturated rings. The second-order valence-corrected chi connectivity index (χ2v) is 5.60. The smallest absolute Gasteiger partial charge is 0.328 e. The lowest BCUT2D eigenvalue weighted by Gasteiger charge is -2.12. The van der Waals surface area contributed by atoms with Crippen molar-refractivity contribution >= 4 is 23.3 Å². The Morgan fingerprint density at radius 3 is 2.91 bits per heavy atom. The van der Waals surface area contributed by atoms with Gasteiger partial charge in [-0.25, -0.2) is 4.79 Å². The summed E-state index contributed by atoms with van der Waals surface area (Å²) in [5.41, 5.74) is 0.756. The van der Waals surface area contributed by atoms with Crippen molar-refractivity contribution in [3.8, 4) is 5.75 Å². The van der Waals surface area contributed by atoms with Crippen molar-refractivity contribution in [1.82, 2.24) is 0 Å². The van der Waals surface area contributed by atoms with Gasteiger partial charge in [0.2, 0.25) is 0 Å². The second-order valence-electron chi connectivity index (χ2n) is 5.19. The maximum absolute atomic E-state index is 11.6. The molecule has 0 radical (unpaired) electrons. The molecular formula is C16H16ClNO4. The number of hydrogen-bond donors (Lipinski definition) is 1. The zero-order valence-corrected chi connectivity index (χ0v) is 12.8. The van der Waals surface area contributed by atoms with Gasteiger partial charge < -0.3 is 19.2 Å². The Balaban J connectivity index is 1.63. The quantitative estimate of drug-likeness (QED) is 0.852. The van der Waals surface area contributed by atoms with Gasteiger partial charge in [-0.05, 0) is 37.3 Å². The summed E-state index contributed by atoms with van der Waals surface area (Å²) in [5.74, 6) is 1.05. The van der Waals surface area contributed by atoms with E-state index in [1.54, 1.807) is 24.5 Å². The molecule has 0 unspecified atom stereocenters. The van der Waals surface area contributed by atoms with Gasteiger partial charge in [-0.1, -0.05) is 11.6 Å². The van der Waals surface area contributed by atoms with Crippen molar-refractivity contribution in [2.24, 2.45) is 0 Å². The van der Waals surface area contributed by atoms with E-state index < -0.39 is 0 Å². The van der Waals surface area contributed by atoms with Gasteiger partial charge in [-0.15, -0.1) is 0 Å². The molecule has 22 heavy (non-hydrogen) atoms. The summed E-state index contributed by atoms with van der Waals surface area (Å²) in [6, 6.07) is 8.61. The number of carbonyl (C=O) groups excluding carboxylic acids is 1. The summed E-state index contributed by atoms with van der Waals surface area (Å²) in [4.78, 5) is 11.6. The maximum Gasteiger partial charge on any atom is 0.328 e. The van der Waals surface area contributed by atoms with Crippen molar-refractivity contribution in [3.05, 3.63) is 47.4 Å². The minimum Gasteiger partial charge on any atom is -0.484 e. The van der Waals surface area contributed by atoms with Gasteiger partial charge in [0.1, 0.15) is 30.3 Å². The van der Waals surface area contributed by atoms with Gasteiger partial charge in [-0.2, -0.15) is 0 Å². The van der Waals surface area contributed by atoms with E-state index in [1.165, 1.54) is 0 Å². The van der Waals surface area contributed by atoms with Crippen LogP contribution in [0.3, 0.4) is 0 Å². The number of benzene rings is 1. The number of hydrogen-bond acceptors (Lipinski definition) is 5. The minimum absolute atomic E-state index is 0.0589. The number of carbonyl (C=O) groups is 1. The molecule has 1 aliphatic rings. The van der Waals surface area contributed by atoms with Crippen LogP contribution in [-0.2, 0) is 16.1 Å². The van der Waals surface area contributed by atoms with Gasteiger partial charge in [0, 0.05) is 12.1 Å². The summed E-state index contributed by atoms with van der Waals surface area (Å²) in [6.07, 6.45) is 2.18. The van der Waals surface area contributed by atoms with Crippen LogP contribution in [0.15, 0.2) is 41.0 Å². The van der Waals surface area contributed by atoms with Crippen LogP contribution in [-0.4, -0.2) is 18.1 Å². The van der Waals surface area contributed by atoms with Crippen LogP contribution in [0, 0.1) is 0 Å². The third kappa shape index (κ3) is 3.36. The maximum atomic E-state index is 11.6. The van der Waals surface area contributed by atoms with Crippen LogP contribution in [0.5, 0.6) is 5.75 Å². The molecule has 0 aliphatic carbocycles. The Hall–Kier alpha value is -2.14. The number of furan rings is 1. The fraction of sp³-hybridized carbons (Fsp3) is 0.312. The largest absolute Gasteiger partial charge is 0.484 e. The van der Waals surface area contributed by atoms with E-state index in [-0.39, 0.29) is 18.1 Å². The molecule has 2 atom stereocenters. The first-order chi connectivity index (χ1) is 10.6. The van der Waals surface area contributed by atoms with Crippen LogP contribution in [0.4, 0.5) is 5.69 Å². The predicted octanol–water partition coefficient (Wildman–Crippen LogP) is 3.63. The number of halogens is 1. The molecule has 2 heterocycles. The standard InChI is InChI=1S/C16H16ClNO4/c1-10-7-14(16(19)22-10)18-11-4-5-15(13(17)8-11)21-9-12-3-2-6-20-12/h2-6,8,10,14,18H,7,9H2,1H3/t10-,14-/m1/s1. The SMILES string of the molecule is C[C@@H]1C[C@@H](Nc2ccc(OCc3ccco3)c(Cl)c2)C(=O)O1. The average Bonchev–Trinajstić information content (AvgIpc) is 3.08. The average molecular weight is 322 g/mol. The molecule has 1 aromatic carbocycles. The second kappa shape index (κ2) is 6.32. The van der Waals surface area contributed by atoms with Crippen molar-refractivity contribution < 1.29 is 18.7 Å². The van der Waals surface area contributed by atoms with E-state index in [2.05, 4.69) is 5.32 Å². The third-order valence-corrected chi connectivity index (χ3v) is 3.69. The van der Waals surface area contributed by atoms with E-state index in [0.29, 0.717) is 23.8 Å². The van der Waals surface area contributed by atoms with Crippen LogP contribution < -0.4 is 10.1 Å². The van der Waals surface area contributed by atoms with Gasteiger partial charge in [-0.3, -0.25) is 0 Å². The van der Waals surface area contributed by atoms with E-state index in [9.17, 15) is 4.79 Å². The molecule has 116 valence electrons. The molecular weight excluding hydrogens is 306 g/mol. The van der Waals surface area contributed by atoms with Gasteiger partial charge in [0.05, 0.1) is 11.3 Å². The zero-order chi connectivity index (χ0) is 15.5. The highest BCUT2D eigenvalue weighted by molar-refractivity contribution is 6.32. The number of cyclic esters (lactones) is 1. The van der Waals surface area contributed by atoms with E-state index in [1.807, 2.05) is 19.1 Å². The van der Waals surface area contributed by atoms with E-state index in [4.69, 9.17) is 25.5 Å². The fourth-order valence-corrected chi connectivity index (χ4v) is 2.56. The molecule has 2 aromatic rings. The van der Waals surface area contributed by atoms with E-state index >= 15 is 0 Å². The first-order valence-corrected chi connectivity index (χ1v) is 7.41. The highest BCUT2D eigenvalue weighted by atomic mass is 35.5. The van der Waals surface area contributed by atoms with Crippen LogP contribution in [0.2, 0.25) is 5.02 Å². The van der Waals surface area contributed by atoms with Crippen LogP contribution in [0.1, 0.15) is 19.1 Å². The molecule has 5 nitrogen and oxygen atoms in total. The number of ether oxygens (including phenoxy) is 2. The summed E-state index contributed by atoms with van der Waals surface area (Å²) >= 11 is 6.21. The third-order valence-electron chi connectivity index (χ3n) is 3.39. The highest BCUT2D eigenvalue weighted by Gasteiger charge is 2.31. The molecule has 1 saturated heterocycles. The Morgan fingerprint density at radius 1 is 1.41 bits per heavy atom. The molecule has 1 N–H and O–H groups in total. The van der Waals surface area contributed by atoms with Crippen molar-refractivity contribution in [1.29, 1.82) is 0 Å². The lowest BCUT2D eigenvalue weighted by atomic mass is 10.2. The molecule has 1 aliphatic heterocycles. The molecule has 0 amide bonds. The first-order valence-electron chi connectivity index (χ1n) is 7.03. The lowest BCUT2D eigenvalue weighted by Crippen LogP contribution is -2.24. The predicted molar refractivity (Wildman–Crippen MR) is 82.1 cm³/mol. The number of rotatable bonds is 5. The number of nitrogens with one attached hydrogen (secondary N) is 1. The molecule has 0 saturated carbocycles. The molecule has 0 spiro atoms. The van der Waals surface area contributed by atoms with Crippen molar-refractivity contribution in [2.45, 2.75) is 32.1 Å². The van der Waals surface area contributed by atoms with Crippen LogP contribution in [0.25, 0.3) is 0 Å².